The zero-order valence-corrected chi connectivity index (χ0v) is 27.5. The number of nitrogens with zero attached hydrogens (tertiary/aromatic N) is 5. The van der Waals surface area contributed by atoms with Crippen LogP contribution in [0, 0.1) is 5.82 Å². The summed E-state index contributed by atoms with van der Waals surface area (Å²) in [4.78, 5) is 31.1. The van der Waals surface area contributed by atoms with E-state index >= 15 is 0 Å². The summed E-state index contributed by atoms with van der Waals surface area (Å²) >= 11 is 0. The van der Waals surface area contributed by atoms with E-state index in [0.29, 0.717) is 59.5 Å². The second-order valence-corrected chi connectivity index (χ2v) is 11.6. The number of hydrogen-bond donors (Lipinski definition) is 2. The number of anilines is 5. The largest absolute Gasteiger partial charge is 0.494 e. The number of hydrogen-bond acceptors (Lipinski definition) is 9. The number of likely N-dealkylation sites (N-methyl/N-ethyl adjacent to an activating group) is 2. The van der Waals surface area contributed by atoms with Gasteiger partial charge in [-0.1, -0.05) is 36.9 Å². The molecular weight excluding hydrogens is 642 g/mol. The van der Waals surface area contributed by atoms with Crippen LogP contribution in [-0.2, 0) is 15.8 Å². The van der Waals surface area contributed by atoms with Crippen molar-refractivity contribution in [3.05, 3.63) is 96.6 Å². The molecule has 258 valence electrons. The fourth-order valence-electron chi connectivity index (χ4n) is 5.46. The lowest BCUT2D eigenvalue weighted by atomic mass is 9.96. The van der Waals surface area contributed by atoms with Gasteiger partial charge in [-0.15, -0.1) is 0 Å². The van der Waals surface area contributed by atoms with Crippen molar-refractivity contribution in [2.75, 3.05) is 68.5 Å². The van der Waals surface area contributed by atoms with Crippen LogP contribution in [0.15, 0.2) is 79.6 Å². The van der Waals surface area contributed by atoms with Gasteiger partial charge in [-0.25, -0.2) is 19.4 Å². The van der Waals surface area contributed by atoms with Crippen LogP contribution in [0.2, 0.25) is 0 Å². The average Bonchev–Trinajstić information content (AvgIpc) is 3.57. The predicted molar refractivity (Wildman–Crippen MR) is 182 cm³/mol. The maximum atomic E-state index is 15.0. The first kappa shape index (κ1) is 35.1. The van der Waals surface area contributed by atoms with Crippen molar-refractivity contribution in [3.8, 4) is 16.9 Å². The number of methoxy groups -OCH3 is 1. The third-order valence-corrected chi connectivity index (χ3v) is 7.99. The minimum Gasteiger partial charge on any atom is -0.494 e. The molecule has 1 aliphatic heterocycles. The summed E-state index contributed by atoms with van der Waals surface area (Å²) in [7, 11) is 7.42. The molecule has 1 atom stereocenters. The molecule has 10 nitrogen and oxygen atoms in total. The Hall–Kier alpha value is -5.21. The van der Waals surface area contributed by atoms with E-state index in [1.54, 1.807) is 42.5 Å². The summed E-state index contributed by atoms with van der Waals surface area (Å²) < 4.78 is 60.9. The lowest BCUT2D eigenvalue weighted by molar-refractivity contribution is -0.139. The highest BCUT2D eigenvalue weighted by Gasteiger charge is 2.35. The molecule has 0 aliphatic carbocycles. The van der Waals surface area contributed by atoms with E-state index in [1.807, 2.05) is 38.2 Å². The van der Waals surface area contributed by atoms with Crippen LogP contribution < -0.4 is 25.3 Å². The van der Waals surface area contributed by atoms with Gasteiger partial charge in [-0.3, -0.25) is 9.63 Å². The maximum Gasteiger partial charge on any atom is 0.419 e. The Morgan fingerprint density at radius 3 is 2.57 bits per heavy atom. The third kappa shape index (κ3) is 8.09. The number of carbonyl (C=O) groups excluding carboxylic acids is 1. The molecule has 1 saturated heterocycles. The molecule has 3 aromatic carbocycles. The molecule has 2 N–H and O–H groups in total. The summed E-state index contributed by atoms with van der Waals surface area (Å²) in [6, 6.07) is 14.8. The topological polar surface area (TPSA) is 95.1 Å². The molecule has 14 heteroatoms. The average molecular weight is 680 g/mol. The van der Waals surface area contributed by atoms with Gasteiger partial charge in [0.05, 0.1) is 42.4 Å². The molecule has 0 spiro atoms. The first-order chi connectivity index (χ1) is 23.4. The van der Waals surface area contributed by atoms with Gasteiger partial charge in [0.2, 0.25) is 5.91 Å². The number of halogens is 4. The van der Waals surface area contributed by atoms with Crippen LogP contribution in [0.25, 0.3) is 11.1 Å². The summed E-state index contributed by atoms with van der Waals surface area (Å²) in [6.07, 6.45) is -1.72. The van der Waals surface area contributed by atoms with Crippen LogP contribution in [0.3, 0.4) is 0 Å². The maximum absolute atomic E-state index is 15.0. The summed E-state index contributed by atoms with van der Waals surface area (Å²) in [6.45, 7) is 5.38. The van der Waals surface area contributed by atoms with Crippen molar-refractivity contribution in [2.45, 2.75) is 18.6 Å². The molecule has 1 aromatic heterocycles. The molecule has 49 heavy (non-hydrogen) atoms. The summed E-state index contributed by atoms with van der Waals surface area (Å²) in [5.74, 6) is -0.395. The number of aromatic nitrogens is 2. The highest BCUT2D eigenvalue weighted by atomic mass is 19.4. The van der Waals surface area contributed by atoms with Crippen molar-refractivity contribution >= 4 is 34.6 Å². The van der Waals surface area contributed by atoms with E-state index in [2.05, 4.69) is 32.1 Å². The van der Waals surface area contributed by atoms with Crippen molar-refractivity contribution in [2.24, 2.45) is 0 Å². The third-order valence-electron chi connectivity index (χ3n) is 7.99. The minimum atomic E-state index is -4.82. The Kier molecular flexibility index (Phi) is 10.7. The number of benzene rings is 3. The molecule has 1 fully saturated rings. The zero-order chi connectivity index (χ0) is 35.3. The second-order valence-electron chi connectivity index (χ2n) is 11.6. The van der Waals surface area contributed by atoms with E-state index in [4.69, 9.17) is 9.57 Å². The van der Waals surface area contributed by atoms with Crippen LogP contribution in [-0.4, -0.2) is 68.7 Å². The number of alkyl halides is 3. The van der Waals surface area contributed by atoms with Gasteiger partial charge in [0.1, 0.15) is 23.7 Å². The molecular formula is C35H37F4N7O3. The highest BCUT2D eigenvalue weighted by Crippen LogP contribution is 2.41. The summed E-state index contributed by atoms with van der Waals surface area (Å²) in [5, 5.41) is 7.72. The minimum absolute atomic E-state index is 0.150. The van der Waals surface area contributed by atoms with Crippen LogP contribution in [0.1, 0.15) is 23.6 Å². The molecule has 2 heterocycles. The van der Waals surface area contributed by atoms with E-state index in [1.165, 1.54) is 24.5 Å². The zero-order valence-electron chi connectivity index (χ0n) is 27.5. The first-order valence-electron chi connectivity index (χ1n) is 15.4. The van der Waals surface area contributed by atoms with Crippen LogP contribution >= 0.6 is 0 Å². The Morgan fingerprint density at radius 2 is 1.86 bits per heavy atom. The fourth-order valence-corrected chi connectivity index (χ4v) is 5.46. The molecule has 1 aliphatic rings. The van der Waals surface area contributed by atoms with Gasteiger partial charge in [0.15, 0.2) is 5.82 Å². The fraction of sp³-hybridized carbons (Fsp3) is 0.286. The van der Waals surface area contributed by atoms with E-state index in [9.17, 15) is 22.4 Å². The van der Waals surface area contributed by atoms with Gasteiger partial charge >= 0.3 is 6.18 Å². The summed E-state index contributed by atoms with van der Waals surface area (Å²) in [5.41, 5.74) is 1.33. The first-order valence-corrected chi connectivity index (χ1v) is 15.4. The Morgan fingerprint density at radius 1 is 1.08 bits per heavy atom. The van der Waals surface area contributed by atoms with E-state index < -0.39 is 17.6 Å². The number of carbonyl (C=O) groups is 1. The van der Waals surface area contributed by atoms with Crippen molar-refractivity contribution in [3.63, 3.8) is 0 Å². The highest BCUT2D eigenvalue weighted by molar-refractivity contribution is 6.02. The molecule has 1 amide bonds. The van der Waals surface area contributed by atoms with Crippen molar-refractivity contribution in [1.29, 1.82) is 0 Å². The lowest BCUT2D eigenvalue weighted by Crippen LogP contribution is -2.29. The second kappa shape index (κ2) is 14.9. The number of amides is 1. The lowest BCUT2D eigenvalue weighted by Gasteiger charge is -2.26. The molecule has 0 radical (unpaired) electrons. The van der Waals surface area contributed by atoms with Crippen LogP contribution in [0.5, 0.6) is 5.75 Å². The van der Waals surface area contributed by atoms with Crippen molar-refractivity contribution < 1.29 is 31.9 Å². The Balaban J connectivity index is 1.43. The number of ether oxygens (including phenoxy) is 1. The Labute approximate surface area is 281 Å². The van der Waals surface area contributed by atoms with Crippen LogP contribution in [0.4, 0.5) is 46.3 Å². The normalized spacial score (nSPS) is 14.6. The van der Waals surface area contributed by atoms with Gasteiger partial charge in [-0.2, -0.15) is 13.2 Å². The molecule has 4 aromatic rings. The quantitative estimate of drug-likeness (QED) is 0.121. The molecule has 5 rings (SSSR count). The number of rotatable bonds is 12. The van der Waals surface area contributed by atoms with E-state index in [-0.39, 0.29) is 17.5 Å². The van der Waals surface area contributed by atoms with Gasteiger partial charge in [0, 0.05) is 44.3 Å². The number of nitrogens with one attached hydrogen (secondary N) is 2. The predicted octanol–water partition coefficient (Wildman–Crippen LogP) is 7.06. The molecule has 1 unspecified atom stereocenters. The SMILES string of the molecule is C=CC(=O)Nc1cc(Nc2cc(N3OCCC3c3cccc(-c4cccc(C(F)(F)F)c4F)c3)ncn2)c(OC)cc1N(C)CCN(C)C. The smallest absolute Gasteiger partial charge is 0.419 e. The standard InChI is InChI=1S/C35H37F4N7O3/c1-6-33(47)43-26-18-27(30(48-5)19-29(26)45(4)15-14-44(2)3)42-31-20-32(41-21-40-31)46-28(13-16-49-46)23-10-7-9-22(17-23)24-11-8-12-25(34(24)36)35(37,38)39/h6-12,17-21,28H,1,13-16H2,2-5H3,(H,43,47)(H,40,41,42). The number of hydroxylamine groups is 1. The van der Waals surface area contributed by atoms with Crippen molar-refractivity contribution in [1.82, 2.24) is 14.9 Å². The molecule has 0 bridgehead atoms. The van der Waals surface area contributed by atoms with Gasteiger partial charge in [-0.05, 0) is 49.5 Å². The van der Waals surface area contributed by atoms with Gasteiger partial charge in [0.25, 0.3) is 0 Å². The van der Waals surface area contributed by atoms with E-state index in [0.717, 1.165) is 18.3 Å². The Bertz CT molecular complexity index is 1820. The van der Waals surface area contributed by atoms with Gasteiger partial charge < -0.3 is 25.2 Å². The monoisotopic (exact) mass is 679 g/mol. The molecule has 0 saturated carbocycles.